The number of hydrogen-bond acceptors (Lipinski definition) is 3. The molecule has 0 saturated carbocycles. The van der Waals surface area contributed by atoms with E-state index in [1.807, 2.05) is 39.0 Å². The molecule has 3 aromatic rings. The van der Waals surface area contributed by atoms with Crippen LogP contribution in [0.4, 0.5) is 11.4 Å². The molecule has 5 nitrogen and oxygen atoms in total. The molecule has 1 N–H and O–H groups in total. The van der Waals surface area contributed by atoms with Crippen LogP contribution in [0.15, 0.2) is 71.6 Å². The molecule has 6 heteroatoms. The van der Waals surface area contributed by atoms with Gasteiger partial charge in [-0.1, -0.05) is 42.0 Å². The van der Waals surface area contributed by atoms with Gasteiger partial charge in [-0.15, -0.1) is 0 Å². The van der Waals surface area contributed by atoms with Crippen molar-refractivity contribution in [2.45, 2.75) is 32.1 Å². The number of aryl methyl sites for hydroxylation is 2. The molecule has 0 bridgehead atoms. The third-order valence-electron chi connectivity index (χ3n) is 5.22. The molecule has 1 amide bonds. The van der Waals surface area contributed by atoms with Gasteiger partial charge in [-0.05, 0) is 67.8 Å². The number of anilines is 2. The number of amides is 1. The first-order valence-corrected chi connectivity index (χ1v) is 11.1. The highest BCUT2D eigenvalue weighted by atomic mass is 32.2. The number of nitrogens with zero attached hydrogens (tertiary/aromatic N) is 1. The van der Waals surface area contributed by atoms with Gasteiger partial charge in [0.05, 0.1) is 17.0 Å². The highest BCUT2D eigenvalue weighted by molar-refractivity contribution is 7.92. The average Bonchev–Trinajstić information content (AvgIpc) is 2.72. The maximum atomic E-state index is 12.8. The predicted molar refractivity (Wildman–Crippen MR) is 121 cm³/mol. The fraction of sp³-hybridized carbons (Fsp3) is 0.208. The molecule has 0 fully saturated rings. The lowest BCUT2D eigenvalue weighted by molar-refractivity contribution is -0.115. The van der Waals surface area contributed by atoms with Gasteiger partial charge in [-0.25, -0.2) is 8.42 Å². The Morgan fingerprint density at radius 2 is 1.53 bits per heavy atom. The van der Waals surface area contributed by atoms with E-state index in [4.69, 9.17) is 0 Å². The standard InChI is InChI=1S/C24H26N2O3S/c1-17-8-14-22(15-9-17)30(28,29)26(4)21-12-10-20(11-13-21)16-24(27)25-23-7-5-6-18(2)19(23)3/h5-15H,16H2,1-4H3,(H,25,27). The molecule has 156 valence electrons. The van der Waals surface area contributed by atoms with Crippen molar-refractivity contribution >= 4 is 27.3 Å². The van der Waals surface area contributed by atoms with E-state index in [0.717, 1.165) is 27.9 Å². The number of carbonyl (C=O) groups excluding carboxylic acids is 1. The Hall–Kier alpha value is -3.12. The molecule has 0 unspecified atom stereocenters. The zero-order valence-corrected chi connectivity index (χ0v) is 18.5. The lowest BCUT2D eigenvalue weighted by Gasteiger charge is -2.20. The summed E-state index contributed by atoms with van der Waals surface area (Å²) in [5.74, 6) is -0.114. The summed E-state index contributed by atoms with van der Waals surface area (Å²) in [6.45, 7) is 5.89. The van der Waals surface area contributed by atoms with E-state index in [0.29, 0.717) is 5.69 Å². The fourth-order valence-electron chi connectivity index (χ4n) is 3.10. The first-order valence-electron chi connectivity index (χ1n) is 9.69. The van der Waals surface area contributed by atoms with Crippen molar-refractivity contribution in [1.82, 2.24) is 0 Å². The van der Waals surface area contributed by atoms with E-state index in [1.165, 1.54) is 11.4 Å². The number of carbonyl (C=O) groups is 1. The van der Waals surface area contributed by atoms with Crippen LogP contribution >= 0.6 is 0 Å². The largest absolute Gasteiger partial charge is 0.326 e. The van der Waals surface area contributed by atoms with Crippen LogP contribution in [0.3, 0.4) is 0 Å². The summed E-state index contributed by atoms with van der Waals surface area (Å²) >= 11 is 0. The Morgan fingerprint density at radius 3 is 2.17 bits per heavy atom. The van der Waals surface area contributed by atoms with Gasteiger partial charge in [0.2, 0.25) is 5.91 Å². The van der Waals surface area contributed by atoms with Crippen LogP contribution in [-0.4, -0.2) is 21.4 Å². The minimum absolute atomic E-state index is 0.114. The van der Waals surface area contributed by atoms with Crippen LogP contribution in [0.25, 0.3) is 0 Å². The SMILES string of the molecule is Cc1ccc(S(=O)(=O)N(C)c2ccc(CC(=O)Nc3cccc(C)c3C)cc2)cc1. The second kappa shape index (κ2) is 8.71. The molecule has 0 radical (unpaired) electrons. The lowest BCUT2D eigenvalue weighted by Crippen LogP contribution is -2.26. The zero-order valence-electron chi connectivity index (χ0n) is 17.6. The molecule has 30 heavy (non-hydrogen) atoms. The Labute approximate surface area is 178 Å². The Balaban J connectivity index is 1.70. The Bertz CT molecular complexity index is 1150. The smallest absolute Gasteiger partial charge is 0.264 e. The van der Waals surface area contributed by atoms with E-state index >= 15 is 0 Å². The highest BCUT2D eigenvalue weighted by Crippen LogP contribution is 2.23. The number of rotatable bonds is 6. The summed E-state index contributed by atoms with van der Waals surface area (Å²) in [6.07, 6.45) is 0.210. The Kier molecular flexibility index (Phi) is 6.27. The molecule has 0 heterocycles. The maximum Gasteiger partial charge on any atom is 0.264 e. The molecule has 0 atom stereocenters. The van der Waals surface area contributed by atoms with Gasteiger partial charge in [0.15, 0.2) is 0 Å². The van der Waals surface area contributed by atoms with Gasteiger partial charge in [-0.3, -0.25) is 9.10 Å². The van der Waals surface area contributed by atoms with Gasteiger partial charge in [0.25, 0.3) is 10.0 Å². The molecular formula is C24H26N2O3S. The normalized spacial score (nSPS) is 11.2. The van der Waals surface area contributed by atoms with Crippen LogP contribution in [0.2, 0.25) is 0 Å². The van der Waals surface area contributed by atoms with Gasteiger partial charge in [-0.2, -0.15) is 0 Å². The van der Waals surface area contributed by atoms with Crippen LogP contribution < -0.4 is 9.62 Å². The number of hydrogen-bond donors (Lipinski definition) is 1. The van der Waals surface area contributed by atoms with Crippen molar-refractivity contribution in [2.75, 3.05) is 16.7 Å². The number of nitrogens with one attached hydrogen (secondary N) is 1. The zero-order chi connectivity index (χ0) is 21.9. The van der Waals surface area contributed by atoms with Crippen LogP contribution in [0.1, 0.15) is 22.3 Å². The van der Waals surface area contributed by atoms with E-state index in [2.05, 4.69) is 5.32 Å². The topological polar surface area (TPSA) is 66.5 Å². The average molecular weight is 423 g/mol. The molecule has 0 aliphatic carbocycles. The van der Waals surface area contributed by atoms with E-state index in [9.17, 15) is 13.2 Å². The molecule has 3 rings (SSSR count). The van der Waals surface area contributed by atoms with Crippen molar-refractivity contribution in [3.05, 3.63) is 89.0 Å². The molecule has 3 aromatic carbocycles. The fourth-order valence-corrected chi connectivity index (χ4v) is 4.29. The van der Waals surface area contributed by atoms with E-state index in [1.54, 1.807) is 48.5 Å². The van der Waals surface area contributed by atoms with Crippen molar-refractivity contribution in [3.8, 4) is 0 Å². The summed E-state index contributed by atoms with van der Waals surface area (Å²) < 4.78 is 26.9. The maximum absolute atomic E-state index is 12.8. The number of sulfonamides is 1. The summed E-state index contributed by atoms with van der Waals surface area (Å²) in [6, 6.07) is 19.5. The van der Waals surface area contributed by atoms with Gasteiger partial charge >= 0.3 is 0 Å². The summed E-state index contributed by atoms with van der Waals surface area (Å²) in [5, 5.41) is 2.94. The van der Waals surface area contributed by atoms with Crippen LogP contribution in [0.5, 0.6) is 0 Å². The van der Waals surface area contributed by atoms with Crippen molar-refractivity contribution in [2.24, 2.45) is 0 Å². The lowest BCUT2D eigenvalue weighted by atomic mass is 10.1. The number of benzene rings is 3. The molecule has 0 saturated heterocycles. The van der Waals surface area contributed by atoms with Crippen LogP contribution in [0, 0.1) is 20.8 Å². The monoisotopic (exact) mass is 422 g/mol. The van der Waals surface area contributed by atoms with Crippen molar-refractivity contribution in [1.29, 1.82) is 0 Å². The first-order chi connectivity index (χ1) is 14.2. The second-order valence-electron chi connectivity index (χ2n) is 7.42. The molecule has 0 aromatic heterocycles. The minimum Gasteiger partial charge on any atom is -0.326 e. The summed E-state index contributed by atoms with van der Waals surface area (Å²) in [4.78, 5) is 12.7. The summed E-state index contributed by atoms with van der Waals surface area (Å²) in [7, 11) is -2.11. The molecule has 0 aliphatic heterocycles. The van der Waals surface area contributed by atoms with E-state index < -0.39 is 10.0 Å². The minimum atomic E-state index is -3.64. The quantitative estimate of drug-likeness (QED) is 0.630. The van der Waals surface area contributed by atoms with Crippen molar-refractivity contribution in [3.63, 3.8) is 0 Å². The van der Waals surface area contributed by atoms with Crippen molar-refractivity contribution < 1.29 is 13.2 Å². The second-order valence-corrected chi connectivity index (χ2v) is 9.39. The van der Waals surface area contributed by atoms with Crippen LogP contribution in [-0.2, 0) is 21.2 Å². The first kappa shape index (κ1) is 21.6. The highest BCUT2D eigenvalue weighted by Gasteiger charge is 2.21. The van der Waals surface area contributed by atoms with Gasteiger partial charge in [0.1, 0.15) is 0 Å². The third-order valence-corrected chi connectivity index (χ3v) is 7.02. The third kappa shape index (κ3) is 4.71. The predicted octanol–water partition coefficient (Wildman–Crippen LogP) is 4.62. The molecular weight excluding hydrogens is 396 g/mol. The van der Waals surface area contributed by atoms with Gasteiger partial charge in [0, 0.05) is 12.7 Å². The Morgan fingerprint density at radius 1 is 0.900 bits per heavy atom. The summed E-state index contributed by atoms with van der Waals surface area (Å²) in [5.41, 5.74) is 5.32. The van der Waals surface area contributed by atoms with Gasteiger partial charge < -0.3 is 5.32 Å². The molecule has 0 spiro atoms. The van der Waals surface area contributed by atoms with E-state index in [-0.39, 0.29) is 17.2 Å². The molecule has 0 aliphatic rings.